The summed E-state index contributed by atoms with van der Waals surface area (Å²) in [7, 11) is 0. The fourth-order valence-electron chi connectivity index (χ4n) is 3.54. The zero-order valence-electron chi connectivity index (χ0n) is 17.5. The van der Waals surface area contributed by atoms with Gasteiger partial charge in [-0.2, -0.15) is 0 Å². The number of Topliss-reactive ketones (excluding diaryl/α,β-unsaturated/α-hetero) is 1. The summed E-state index contributed by atoms with van der Waals surface area (Å²) in [5, 5.41) is 0. The summed E-state index contributed by atoms with van der Waals surface area (Å²) in [5.41, 5.74) is 4.61. The Kier molecular flexibility index (Phi) is 5.80. The number of anilines is 1. The normalized spacial score (nSPS) is 14.6. The van der Waals surface area contributed by atoms with Crippen molar-refractivity contribution in [3.05, 3.63) is 107 Å². The Hall–Kier alpha value is -3.92. The summed E-state index contributed by atoms with van der Waals surface area (Å²) in [6, 6.07) is 24.6. The van der Waals surface area contributed by atoms with Gasteiger partial charge in [-0.3, -0.25) is 14.5 Å². The van der Waals surface area contributed by atoms with Crippen molar-refractivity contribution in [3.63, 3.8) is 0 Å². The maximum Gasteiger partial charge on any atom is 0.262 e. The van der Waals surface area contributed by atoms with E-state index in [9.17, 15) is 9.59 Å². The van der Waals surface area contributed by atoms with Gasteiger partial charge in [0.2, 0.25) is 0 Å². The molecule has 3 aromatic rings. The molecule has 4 rings (SSSR count). The Labute approximate surface area is 182 Å². The fourth-order valence-corrected chi connectivity index (χ4v) is 3.54. The van der Waals surface area contributed by atoms with E-state index in [0.29, 0.717) is 17.7 Å². The van der Waals surface area contributed by atoms with Crippen LogP contribution in [-0.2, 0) is 4.79 Å². The molecule has 1 aliphatic heterocycles. The van der Waals surface area contributed by atoms with Crippen molar-refractivity contribution >= 4 is 29.2 Å². The van der Waals surface area contributed by atoms with Gasteiger partial charge in [0.1, 0.15) is 5.75 Å². The fraction of sp³-hybridized carbons (Fsp3) is 0.111. The first kappa shape index (κ1) is 20.4. The number of ether oxygens (including phenoxy) is 1. The van der Waals surface area contributed by atoms with Gasteiger partial charge in [-0.25, -0.2) is 0 Å². The van der Waals surface area contributed by atoms with Crippen molar-refractivity contribution in [1.82, 2.24) is 0 Å². The second kappa shape index (κ2) is 8.84. The van der Waals surface area contributed by atoms with Gasteiger partial charge in [0.15, 0.2) is 5.78 Å². The van der Waals surface area contributed by atoms with E-state index >= 15 is 0 Å². The van der Waals surface area contributed by atoms with E-state index in [1.165, 1.54) is 6.92 Å². The van der Waals surface area contributed by atoms with Crippen LogP contribution in [0.15, 0.2) is 90.5 Å². The number of nitrogens with zero attached hydrogens (tertiary/aromatic N) is 1. The topological polar surface area (TPSA) is 46.6 Å². The lowest BCUT2D eigenvalue weighted by molar-refractivity contribution is -0.113. The molecule has 0 bridgehead atoms. The highest BCUT2D eigenvalue weighted by molar-refractivity contribution is 6.23. The molecule has 4 heteroatoms. The van der Waals surface area contributed by atoms with Crippen LogP contribution in [0, 0.1) is 0 Å². The third-order valence-corrected chi connectivity index (χ3v) is 5.10. The van der Waals surface area contributed by atoms with Crippen molar-refractivity contribution in [3.8, 4) is 5.75 Å². The standard InChI is InChI=1S/C27H23NO3/c1-3-31-25-15-9-20(10-16-25)17-23-18-26(22-7-5-4-6-8-22)28(27(23)30)24-13-11-21(12-14-24)19(2)29/h4-18H,3H2,1-2H3/b23-17+. The van der Waals surface area contributed by atoms with E-state index in [4.69, 9.17) is 4.74 Å². The van der Waals surface area contributed by atoms with Crippen molar-refractivity contribution in [1.29, 1.82) is 0 Å². The van der Waals surface area contributed by atoms with Crippen LogP contribution in [-0.4, -0.2) is 18.3 Å². The molecule has 154 valence electrons. The van der Waals surface area contributed by atoms with Gasteiger partial charge in [-0.15, -0.1) is 0 Å². The quantitative estimate of drug-likeness (QED) is 0.384. The molecule has 31 heavy (non-hydrogen) atoms. The van der Waals surface area contributed by atoms with E-state index in [1.807, 2.05) is 85.8 Å². The number of amides is 1. The second-order valence-corrected chi connectivity index (χ2v) is 7.24. The van der Waals surface area contributed by atoms with Gasteiger partial charge < -0.3 is 4.74 Å². The molecular weight excluding hydrogens is 386 g/mol. The minimum Gasteiger partial charge on any atom is -0.494 e. The van der Waals surface area contributed by atoms with Crippen LogP contribution >= 0.6 is 0 Å². The van der Waals surface area contributed by atoms with Crippen molar-refractivity contribution in [2.45, 2.75) is 13.8 Å². The number of hydrogen-bond acceptors (Lipinski definition) is 3. The molecule has 0 unspecified atom stereocenters. The lowest BCUT2D eigenvalue weighted by Gasteiger charge is -2.21. The van der Waals surface area contributed by atoms with Crippen LogP contribution in [0.1, 0.15) is 35.3 Å². The van der Waals surface area contributed by atoms with Gasteiger partial charge in [0.05, 0.1) is 12.3 Å². The lowest BCUT2D eigenvalue weighted by Crippen LogP contribution is -2.25. The Bertz CT molecular complexity index is 1160. The molecule has 1 amide bonds. The van der Waals surface area contributed by atoms with Crippen molar-refractivity contribution in [2.75, 3.05) is 11.5 Å². The van der Waals surface area contributed by atoms with Crippen LogP contribution in [0.4, 0.5) is 5.69 Å². The summed E-state index contributed by atoms with van der Waals surface area (Å²) in [6.07, 6.45) is 3.79. The predicted octanol–water partition coefficient (Wildman–Crippen LogP) is 5.76. The predicted molar refractivity (Wildman–Crippen MR) is 124 cm³/mol. The second-order valence-electron chi connectivity index (χ2n) is 7.24. The molecular formula is C27H23NO3. The minimum atomic E-state index is -0.108. The highest BCUT2D eigenvalue weighted by atomic mass is 16.5. The SMILES string of the molecule is CCOc1ccc(/C=C2\C=C(c3ccccc3)N(c3ccc(C(C)=O)cc3)C2=O)cc1. The highest BCUT2D eigenvalue weighted by Gasteiger charge is 2.30. The molecule has 3 aromatic carbocycles. The summed E-state index contributed by atoms with van der Waals surface area (Å²) in [4.78, 5) is 26.7. The molecule has 0 atom stereocenters. The number of hydrogen-bond donors (Lipinski definition) is 0. The Morgan fingerprint density at radius 3 is 2.23 bits per heavy atom. The molecule has 0 radical (unpaired) electrons. The maximum atomic E-state index is 13.4. The summed E-state index contributed by atoms with van der Waals surface area (Å²) in [6.45, 7) is 4.09. The van der Waals surface area contributed by atoms with Gasteiger partial charge in [0, 0.05) is 16.8 Å². The first-order chi connectivity index (χ1) is 15.1. The van der Waals surface area contributed by atoms with Crippen molar-refractivity contribution < 1.29 is 14.3 Å². The third-order valence-electron chi connectivity index (χ3n) is 5.10. The number of benzene rings is 3. The van der Waals surface area contributed by atoms with E-state index < -0.39 is 0 Å². The monoisotopic (exact) mass is 409 g/mol. The van der Waals surface area contributed by atoms with Crippen LogP contribution in [0.3, 0.4) is 0 Å². The maximum absolute atomic E-state index is 13.4. The Morgan fingerprint density at radius 1 is 0.935 bits per heavy atom. The summed E-state index contributed by atoms with van der Waals surface area (Å²) in [5.74, 6) is 0.688. The molecule has 0 spiro atoms. The molecule has 0 fully saturated rings. The molecule has 1 aliphatic rings. The minimum absolute atomic E-state index is 0.00536. The molecule has 0 N–H and O–H groups in total. The Balaban J connectivity index is 1.73. The summed E-state index contributed by atoms with van der Waals surface area (Å²) < 4.78 is 5.50. The van der Waals surface area contributed by atoms with Crippen LogP contribution < -0.4 is 9.64 Å². The highest BCUT2D eigenvalue weighted by Crippen LogP contribution is 2.35. The average molecular weight is 409 g/mol. The Morgan fingerprint density at radius 2 is 1.61 bits per heavy atom. The zero-order valence-corrected chi connectivity index (χ0v) is 17.5. The summed E-state index contributed by atoms with van der Waals surface area (Å²) >= 11 is 0. The largest absolute Gasteiger partial charge is 0.494 e. The zero-order chi connectivity index (χ0) is 21.8. The molecule has 0 aromatic heterocycles. The molecule has 4 nitrogen and oxygen atoms in total. The third kappa shape index (κ3) is 4.33. The molecule has 1 heterocycles. The number of carbonyl (C=O) groups excluding carboxylic acids is 2. The number of carbonyl (C=O) groups is 2. The van der Waals surface area contributed by atoms with Crippen LogP contribution in [0.5, 0.6) is 5.75 Å². The van der Waals surface area contributed by atoms with E-state index in [1.54, 1.807) is 17.0 Å². The van der Waals surface area contributed by atoms with Gasteiger partial charge in [-0.1, -0.05) is 42.5 Å². The van der Waals surface area contributed by atoms with E-state index in [-0.39, 0.29) is 11.7 Å². The van der Waals surface area contributed by atoms with E-state index in [0.717, 1.165) is 28.3 Å². The smallest absolute Gasteiger partial charge is 0.262 e. The molecule has 0 saturated carbocycles. The van der Waals surface area contributed by atoms with Gasteiger partial charge >= 0.3 is 0 Å². The van der Waals surface area contributed by atoms with Crippen LogP contribution in [0.2, 0.25) is 0 Å². The first-order valence-corrected chi connectivity index (χ1v) is 10.2. The lowest BCUT2D eigenvalue weighted by atomic mass is 10.1. The number of ketones is 1. The van der Waals surface area contributed by atoms with Crippen LogP contribution in [0.25, 0.3) is 11.8 Å². The first-order valence-electron chi connectivity index (χ1n) is 10.2. The number of rotatable bonds is 6. The molecule has 0 saturated heterocycles. The van der Waals surface area contributed by atoms with E-state index in [2.05, 4.69) is 0 Å². The van der Waals surface area contributed by atoms with Gasteiger partial charge in [0.25, 0.3) is 5.91 Å². The average Bonchev–Trinajstić information content (AvgIpc) is 3.12. The molecule has 0 aliphatic carbocycles. The van der Waals surface area contributed by atoms with Crippen molar-refractivity contribution in [2.24, 2.45) is 0 Å². The van der Waals surface area contributed by atoms with Gasteiger partial charge in [-0.05, 0) is 73.5 Å².